The van der Waals surface area contributed by atoms with E-state index in [1.807, 2.05) is 6.07 Å². The molecule has 0 heterocycles. The number of amides is 1. The monoisotopic (exact) mass is 388 g/mol. The molecule has 1 unspecified atom stereocenters. The van der Waals surface area contributed by atoms with Gasteiger partial charge in [0.2, 0.25) is 16.1 Å². The molecule has 2 aromatic rings. The minimum absolute atomic E-state index is 0.129. The fourth-order valence-corrected chi connectivity index (χ4v) is 3.06. The van der Waals surface area contributed by atoms with Crippen LogP contribution in [0, 0.1) is 0 Å². The average Bonchev–Trinajstić information content (AvgIpc) is 3.43. The van der Waals surface area contributed by atoms with Crippen LogP contribution < -0.4 is 10.0 Å². The van der Waals surface area contributed by atoms with E-state index in [9.17, 15) is 18.0 Å². The maximum Gasteiger partial charge on any atom is 0.339 e. The van der Waals surface area contributed by atoms with Crippen molar-refractivity contribution in [1.29, 1.82) is 0 Å². The van der Waals surface area contributed by atoms with Crippen molar-refractivity contribution in [3.63, 3.8) is 0 Å². The Morgan fingerprint density at radius 3 is 2.41 bits per heavy atom. The predicted molar refractivity (Wildman–Crippen MR) is 101 cm³/mol. The summed E-state index contributed by atoms with van der Waals surface area (Å²) >= 11 is 0. The van der Waals surface area contributed by atoms with Crippen LogP contribution in [0.25, 0.3) is 0 Å². The van der Waals surface area contributed by atoms with Crippen molar-refractivity contribution >= 4 is 27.6 Å². The zero-order valence-corrected chi connectivity index (χ0v) is 15.5. The number of carbonyl (C=O) groups excluding carboxylic acids is 2. The van der Waals surface area contributed by atoms with Gasteiger partial charge in [-0.3, -0.25) is 9.52 Å². The lowest BCUT2D eigenvalue weighted by atomic mass is 10.1. The Bertz CT molecular complexity index is 940. The van der Waals surface area contributed by atoms with E-state index in [0.29, 0.717) is 5.56 Å². The molecule has 0 aliphatic heterocycles. The molecule has 0 saturated heterocycles. The molecule has 1 aliphatic rings. The Balaban J connectivity index is 1.79. The second kappa shape index (κ2) is 7.79. The van der Waals surface area contributed by atoms with Crippen molar-refractivity contribution in [3.8, 4) is 0 Å². The number of benzene rings is 2. The number of sulfonamides is 1. The number of anilines is 1. The molecule has 1 saturated carbocycles. The van der Waals surface area contributed by atoms with Gasteiger partial charge in [-0.05, 0) is 31.0 Å². The first-order chi connectivity index (χ1) is 12.8. The van der Waals surface area contributed by atoms with Gasteiger partial charge in [0.25, 0.3) is 5.91 Å². The van der Waals surface area contributed by atoms with Gasteiger partial charge in [-0.1, -0.05) is 36.4 Å². The highest BCUT2D eigenvalue weighted by Crippen LogP contribution is 2.24. The molecule has 1 fully saturated rings. The largest absolute Gasteiger partial charge is 0.444 e. The quantitative estimate of drug-likeness (QED) is 0.709. The average molecular weight is 388 g/mol. The third-order valence-electron chi connectivity index (χ3n) is 3.89. The van der Waals surface area contributed by atoms with Crippen LogP contribution in [0.1, 0.15) is 34.9 Å². The molecule has 0 spiro atoms. The second-order valence-electron chi connectivity index (χ2n) is 6.43. The molecule has 2 aromatic carbocycles. The second-order valence-corrected chi connectivity index (χ2v) is 8.18. The summed E-state index contributed by atoms with van der Waals surface area (Å²) in [6, 6.07) is 14.8. The Hall–Kier alpha value is -2.87. The molecule has 142 valence electrons. The standard InChI is InChI=1S/C19H20N2O5S/c1-27(24,25)21-16-9-5-8-14(12-16)19(23)26-17(13-6-3-2-4-7-13)18(22)20-15-10-11-15/h2-9,12,15,17,21H,10-11H2,1H3,(H,20,22). The summed E-state index contributed by atoms with van der Waals surface area (Å²) in [6.07, 6.45) is 1.78. The molecule has 1 amide bonds. The van der Waals surface area contributed by atoms with Gasteiger partial charge >= 0.3 is 5.97 Å². The van der Waals surface area contributed by atoms with E-state index in [4.69, 9.17) is 4.74 Å². The fourth-order valence-electron chi connectivity index (χ4n) is 2.50. The first-order valence-corrected chi connectivity index (χ1v) is 10.3. The first kappa shape index (κ1) is 18.9. The van der Waals surface area contributed by atoms with Crippen LogP contribution in [-0.2, 0) is 19.6 Å². The molecule has 2 N–H and O–H groups in total. The van der Waals surface area contributed by atoms with Gasteiger partial charge < -0.3 is 10.1 Å². The van der Waals surface area contributed by atoms with Gasteiger partial charge in [-0.15, -0.1) is 0 Å². The lowest BCUT2D eigenvalue weighted by Crippen LogP contribution is -2.33. The Labute approximate surface area is 157 Å². The van der Waals surface area contributed by atoms with Crippen molar-refractivity contribution in [2.45, 2.75) is 25.0 Å². The van der Waals surface area contributed by atoms with Crippen LogP contribution >= 0.6 is 0 Å². The van der Waals surface area contributed by atoms with Crippen LogP contribution in [0.3, 0.4) is 0 Å². The molecule has 27 heavy (non-hydrogen) atoms. The van der Waals surface area contributed by atoms with Gasteiger partial charge in [0, 0.05) is 17.3 Å². The first-order valence-electron chi connectivity index (χ1n) is 8.46. The summed E-state index contributed by atoms with van der Waals surface area (Å²) < 4.78 is 30.5. The summed E-state index contributed by atoms with van der Waals surface area (Å²) in [4.78, 5) is 25.1. The van der Waals surface area contributed by atoms with E-state index in [2.05, 4.69) is 10.0 Å². The number of ether oxygens (including phenoxy) is 1. The van der Waals surface area contributed by atoms with E-state index in [1.165, 1.54) is 24.3 Å². The highest BCUT2D eigenvalue weighted by atomic mass is 32.2. The van der Waals surface area contributed by atoms with Gasteiger partial charge in [-0.25, -0.2) is 13.2 Å². The van der Waals surface area contributed by atoms with Gasteiger partial charge in [0.15, 0.2) is 0 Å². The SMILES string of the molecule is CS(=O)(=O)Nc1cccc(C(=O)OC(C(=O)NC2CC2)c2ccccc2)c1. The lowest BCUT2D eigenvalue weighted by Gasteiger charge is -2.18. The number of hydrogen-bond donors (Lipinski definition) is 2. The Morgan fingerprint density at radius 1 is 1.07 bits per heavy atom. The zero-order valence-electron chi connectivity index (χ0n) is 14.7. The lowest BCUT2D eigenvalue weighted by molar-refractivity contribution is -0.130. The van der Waals surface area contributed by atoms with Crippen LogP contribution in [0.4, 0.5) is 5.69 Å². The van der Waals surface area contributed by atoms with Gasteiger partial charge in [-0.2, -0.15) is 0 Å². The van der Waals surface area contributed by atoms with Crippen LogP contribution in [0.5, 0.6) is 0 Å². The van der Waals surface area contributed by atoms with E-state index in [0.717, 1.165) is 19.1 Å². The summed E-state index contributed by atoms with van der Waals surface area (Å²) in [5, 5.41) is 2.84. The van der Waals surface area contributed by atoms with E-state index >= 15 is 0 Å². The van der Waals surface area contributed by atoms with Crippen molar-refractivity contribution in [1.82, 2.24) is 5.32 Å². The minimum atomic E-state index is -3.47. The van der Waals surface area contributed by atoms with Gasteiger partial charge in [0.1, 0.15) is 0 Å². The normalized spacial score (nSPS) is 14.9. The number of hydrogen-bond acceptors (Lipinski definition) is 5. The maximum atomic E-state index is 12.6. The Kier molecular flexibility index (Phi) is 5.46. The molecular formula is C19H20N2O5S. The smallest absolute Gasteiger partial charge is 0.339 e. The number of carbonyl (C=O) groups is 2. The summed E-state index contributed by atoms with van der Waals surface area (Å²) in [5.74, 6) is -1.09. The third kappa shape index (κ3) is 5.55. The van der Waals surface area contributed by atoms with Crippen molar-refractivity contribution in [3.05, 3.63) is 65.7 Å². The highest BCUT2D eigenvalue weighted by molar-refractivity contribution is 7.92. The predicted octanol–water partition coefficient (Wildman–Crippen LogP) is 2.23. The molecular weight excluding hydrogens is 368 g/mol. The van der Waals surface area contributed by atoms with E-state index < -0.39 is 22.1 Å². The number of nitrogens with one attached hydrogen (secondary N) is 2. The highest BCUT2D eigenvalue weighted by Gasteiger charge is 2.31. The molecule has 1 aliphatic carbocycles. The number of rotatable bonds is 7. The van der Waals surface area contributed by atoms with Crippen LogP contribution in [0.15, 0.2) is 54.6 Å². The number of esters is 1. The third-order valence-corrected chi connectivity index (χ3v) is 4.50. The molecule has 3 rings (SSSR count). The van der Waals surface area contributed by atoms with Crippen molar-refractivity contribution in [2.75, 3.05) is 11.0 Å². The summed E-state index contributed by atoms with van der Waals surface area (Å²) in [5.41, 5.74) is 0.948. The molecule has 7 nitrogen and oxygen atoms in total. The summed E-state index contributed by atoms with van der Waals surface area (Å²) in [7, 11) is -3.47. The molecule has 1 atom stereocenters. The zero-order chi connectivity index (χ0) is 19.4. The molecule has 0 bridgehead atoms. The van der Waals surface area contributed by atoms with Crippen LogP contribution in [0.2, 0.25) is 0 Å². The summed E-state index contributed by atoms with van der Waals surface area (Å²) in [6.45, 7) is 0. The topological polar surface area (TPSA) is 102 Å². The minimum Gasteiger partial charge on any atom is -0.444 e. The fraction of sp³-hybridized carbons (Fsp3) is 0.263. The van der Waals surface area contributed by atoms with Crippen molar-refractivity contribution in [2.24, 2.45) is 0 Å². The molecule has 0 radical (unpaired) electrons. The van der Waals surface area contributed by atoms with Gasteiger partial charge in [0.05, 0.1) is 11.8 Å². The Morgan fingerprint density at radius 2 is 1.78 bits per heavy atom. The maximum absolute atomic E-state index is 12.6. The molecule has 0 aromatic heterocycles. The van der Waals surface area contributed by atoms with E-state index in [1.54, 1.807) is 24.3 Å². The molecule has 8 heteroatoms. The van der Waals surface area contributed by atoms with E-state index in [-0.39, 0.29) is 23.2 Å². The van der Waals surface area contributed by atoms with Crippen molar-refractivity contribution < 1.29 is 22.7 Å². The van der Waals surface area contributed by atoms with Crippen LogP contribution in [-0.4, -0.2) is 32.6 Å².